The number of benzene rings is 1. The third-order valence-electron chi connectivity index (χ3n) is 3.30. The van der Waals surface area contributed by atoms with Gasteiger partial charge in [-0.25, -0.2) is 4.98 Å². The maximum Gasteiger partial charge on any atom is 0.111 e. The number of imidazole rings is 1. The van der Waals surface area contributed by atoms with Crippen LogP contribution in [0.5, 0.6) is 0 Å². The van der Waals surface area contributed by atoms with Crippen molar-refractivity contribution < 1.29 is 5.11 Å². The third kappa shape index (κ3) is 2.62. The molecule has 0 spiro atoms. The molecule has 1 heterocycles. The second kappa shape index (κ2) is 5.36. The van der Waals surface area contributed by atoms with Crippen LogP contribution in [-0.4, -0.2) is 14.7 Å². The first-order chi connectivity index (χ1) is 8.61. The second-order valence-corrected chi connectivity index (χ2v) is 4.71. The predicted octanol–water partition coefficient (Wildman–Crippen LogP) is 2.80. The fraction of sp³-hybridized carbons (Fsp3) is 0.400. The summed E-state index contributed by atoms with van der Waals surface area (Å²) < 4.78 is 2.06. The van der Waals surface area contributed by atoms with Gasteiger partial charge in [0.25, 0.3) is 0 Å². The van der Waals surface area contributed by atoms with Crippen LogP contribution < -0.4 is 0 Å². The highest BCUT2D eigenvalue weighted by Gasteiger charge is 2.14. The zero-order chi connectivity index (χ0) is 13.1. The van der Waals surface area contributed by atoms with Crippen LogP contribution in [0, 0.1) is 13.8 Å². The Morgan fingerprint density at radius 2 is 2.11 bits per heavy atom. The van der Waals surface area contributed by atoms with E-state index in [-0.39, 0.29) is 0 Å². The minimum atomic E-state index is -0.488. The molecule has 96 valence electrons. The van der Waals surface area contributed by atoms with Crippen molar-refractivity contribution in [1.29, 1.82) is 0 Å². The van der Waals surface area contributed by atoms with Gasteiger partial charge >= 0.3 is 0 Å². The largest absolute Gasteiger partial charge is 0.388 e. The monoisotopic (exact) mass is 244 g/mol. The van der Waals surface area contributed by atoms with E-state index in [0.717, 1.165) is 23.5 Å². The Labute approximate surface area is 108 Å². The molecule has 18 heavy (non-hydrogen) atoms. The summed E-state index contributed by atoms with van der Waals surface area (Å²) in [6, 6.07) is 6.15. The molecule has 0 aliphatic carbocycles. The Morgan fingerprint density at radius 3 is 2.78 bits per heavy atom. The number of aromatic nitrogens is 2. The molecule has 0 radical (unpaired) electrons. The van der Waals surface area contributed by atoms with Crippen molar-refractivity contribution in [3.63, 3.8) is 0 Å². The van der Waals surface area contributed by atoms with Crippen molar-refractivity contribution >= 4 is 0 Å². The molecule has 0 saturated heterocycles. The van der Waals surface area contributed by atoms with E-state index in [9.17, 15) is 5.11 Å². The van der Waals surface area contributed by atoms with Gasteiger partial charge in [0.2, 0.25) is 0 Å². The Morgan fingerprint density at radius 1 is 1.33 bits per heavy atom. The second-order valence-electron chi connectivity index (χ2n) is 4.71. The molecule has 0 bridgehead atoms. The number of hydrogen-bond donors (Lipinski definition) is 1. The summed E-state index contributed by atoms with van der Waals surface area (Å²) >= 11 is 0. The van der Waals surface area contributed by atoms with Gasteiger partial charge in [-0.15, -0.1) is 0 Å². The standard InChI is InChI=1S/C15H20N2O/c1-4-17-8-7-16-15(17)10-14(18)13-6-5-11(2)9-12(13)3/h5-9,14,18H,4,10H2,1-3H3. The lowest BCUT2D eigenvalue weighted by Crippen LogP contribution is -2.09. The topological polar surface area (TPSA) is 38.0 Å². The maximum atomic E-state index is 10.3. The van der Waals surface area contributed by atoms with Crippen molar-refractivity contribution in [1.82, 2.24) is 9.55 Å². The van der Waals surface area contributed by atoms with E-state index in [2.05, 4.69) is 29.5 Å². The third-order valence-corrected chi connectivity index (χ3v) is 3.30. The molecule has 0 aliphatic rings. The molecule has 3 nitrogen and oxygen atoms in total. The molecule has 0 amide bonds. The molecular weight excluding hydrogens is 224 g/mol. The van der Waals surface area contributed by atoms with E-state index < -0.39 is 6.10 Å². The lowest BCUT2D eigenvalue weighted by Gasteiger charge is -2.14. The summed E-state index contributed by atoms with van der Waals surface area (Å²) in [5.74, 6) is 0.935. The van der Waals surface area contributed by atoms with Gasteiger partial charge in [0.15, 0.2) is 0 Å². The van der Waals surface area contributed by atoms with Crippen LogP contribution >= 0.6 is 0 Å². The fourth-order valence-corrected chi connectivity index (χ4v) is 2.30. The van der Waals surface area contributed by atoms with Gasteiger partial charge in [0.05, 0.1) is 6.10 Å². The van der Waals surface area contributed by atoms with Gasteiger partial charge in [-0.2, -0.15) is 0 Å². The van der Waals surface area contributed by atoms with Crippen molar-refractivity contribution in [2.24, 2.45) is 0 Å². The molecule has 1 N–H and O–H groups in total. The normalized spacial score (nSPS) is 12.7. The van der Waals surface area contributed by atoms with Gasteiger partial charge in [-0.1, -0.05) is 23.8 Å². The quantitative estimate of drug-likeness (QED) is 0.898. The van der Waals surface area contributed by atoms with Gasteiger partial charge in [-0.05, 0) is 31.9 Å². The zero-order valence-corrected chi connectivity index (χ0v) is 11.2. The SMILES string of the molecule is CCn1ccnc1CC(O)c1ccc(C)cc1C. The minimum Gasteiger partial charge on any atom is -0.388 e. The average molecular weight is 244 g/mol. The highest BCUT2D eigenvalue weighted by Crippen LogP contribution is 2.22. The molecule has 0 fully saturated rings. The van der Waals surface area contributed by atoms with Crippen molar-refractivity contribution in [2.45, 2.75) is 39.8 Å². The first-order valence-electron chi connectivity index (χ1n) is 6.37. The molecule has 1 aromatic carbocycles. The number of nitrogens with zero attached hydrogens (tertiary/aromatic N) is 2. The number of hydrogen-bond acceptors (Lipinski definition) is 2. The van der Waals surface area contributed by atoms with Crippen molar-refractivity contribution in [3.8, 4) is 0 Å². The first kappa shape index (κ1) is 12.8. The molecular formula is C15H20N2O. The van der Waals surface area contributed by atoms with Gasteiger partial charge in [0.1, 0.15) is 5.82 Å². The Kier molecular flexibility index (Phi) is 3.82. The maximum absolute atomic E-state index is 10.3. The van der Waals surface area contributed by atoms with Crippen LogP contribution in [0.2, 0.25) is 0 Å². The van der Waals surface area contributed by atoms with Crippen LogP contribution in [0.3, 0.4) is 0 Å². The summed E-state index contributed by atoms with van der Waals surface area (Å²) in [7, 11) is 0. The van der Waals surface area contributed by atoms with E-state index in [4.69, 9.17) is 0 Å². The van der Waals surface area contributed by atoms with Crippen LogP contribution in [0.15, 0.2) is 30.6 Å². The fourth-order valence-electron chi connectivity index (χ4n) is 2.30. The number of rotatable bonds is 4. The number of aliphatic hydroxyl groups excluding tert-OH is 1. The van der Waals surface area contributed by atoms with Crippen molar-refractivity contribution in [2.75, 3.05) is 0 Å². The van der Waals surface area contributed by atoms with Crippen LogP contribution in [-0.2, 0) is 13.0 Å². The van der Waals surface area contributed by atoms with E-state index in [1.807, 2.05) is 25.3 Å². The predicted molar refractivity (Wildman–Crippen MR) is 72.5 cm³/mol. The summed E-state index contributed by atoms with van der Waals surface area (Å²) in [6.07, 6.45) is 3.81. The smallest absolute Gasteiger partial charge is 0.111 e. The molecule has 1 aromatic heterocycles. The Balaban J connectivity index is 2.19. The Hall–Kier alpha value is -1.61. The van der Waals surface area contributed by atoms with Gasteiger partial charge < -0.3 is 9.67 Å². The zero-order valence-electron chi connectivity index (χ0n) is 11.2. The highest BCUT2D eigenvalue weighted by molar-refractivity contribution is 5.32. The lowest BCUT2D eigenvalue weighted by molar-refractivity contribution is 0.174. The summed E-state index contributed by atoms with van der Waals surface area (Å²) in [4.78, 5) is 4.30. The van der Waals surface area contributed by atoms with Gasteiger partial charge in [-0.3, -0.25) is 0 Å². The van der Waals surface area contributed by atoms with E-state index in [0.29, 0.717) is 6.42 Å². The first-order valence-corrected chi connectivity index (χ1v) is 6.37. The van der Waals surface area contributed by atoms with E-state index >= 15 is 0 Å². The number of aliphatic hydroxyl groups is 1. The molecule has 2 aromatic rings. The van der Waals surface area contributed by atoms with E-state index in [1.54, 1.807) is 6.20 Å². The molecule has 1 atom stereocenters. The van der Waals surface area contributed by atoms with Gasteiger partial charge in [0, 0.05) is 25.4 Å². The molecule has 0 saturated carbocycles. The lowest BCUT2D eigenvalue weighted by atomic mass is 9.99. The van der Waals surface area contributed by atoms with E-state index in [1.165, 1.54) is 5.56 Å². The Bertz CT molecular complexity index is 531. The van der Waals surface area contributed by atoms with Crippen LogP contribution in [0.4, 0.5) is 0 Å². The minimum absolute atomic E-state index is 0.488. The number of aryl methyl sites for hydroxylation is 3. The summed E-state index contributed by atoms with van der Waals surface area (Å²) in [6.45, 7) is 7.06. The van der Waals surface area contributed by atoms with Crippen LogP contribution in [0.25, 0.3) is 0 Å². The van der Waals surface area contributed by atoms with Crippen molar-refractivity contribution in [3.05, 3.63) is 53.1 Å². The molecule has 1 unspecified atom stereocenters. The summed E-state index contributed by atoms with van der Waals surface area (Å²) in [5.41, 5.74) is 3.35. The average Bonchev–Trinajstić information content (AvgIpc) is 2.76. The molecule has 0 aliphatic heterocycles. The molecule has 3 heteroatoms. The van der Waals surface area contributed by atoms with Crippen LogP contribution in [0.1, 0.15) is 35.5 Å². The molecule has 2 rings (SSSR count). The summed E-state index contributed by atoms with van der Waals surface area (Å²) in [5, 5.41) is 10.3. The highest BCUT2D eigenvalue weighted by atomic mass is 16.3.